The van der Waals surface area contributed by atoms with E-state index in [0.29, 0.717) is 43.8 Å². The number of rotatable bonds is 13. The zero-order chi connectivity index (χ0) is 25.5. The number of anilines is 1. The Kier molecular flexibility index (Phi) is 8.45. The Bertz CT molecular complexity index is 1180. The summed E-state index contributed by atoms with van der Waals surface area (Å²) in [6, 6.07) is 7.55. The van der Waals surface area contributed by atoms with E-state index in [-0.39, 0.29) is 24.6 Å². The average molecular weight is 500 g/mol. The Labute approximate surface area is 207 Å². The summed E-state index contributed by atoms with van der Waals surface area (Å²) >= 11 is 0. The number of hydrogen-bond acceptors (Lipinski definition) is 6. The maximum atomic E-state index is 13.2. The van der Waals surface area contributed by atoms with Gasteiger partial charge in [-0.2, -0.15) is 13.8 Å². The number of alkyl halides is 2. The van der Waals surface area contributed by atoms with Gasteiger partial charge in [0, 0.05) is 55.4 Å². The normalized spacial score (nSPS) is 13.2. The first-order valence-corrected chi connectivity index (χ1v) is 12.1. The molecule has 190 valence electrons. The zero-order valence-corrected chi connectivity index (χ0v) is 19.9. The fraction of sp³-hybridized carbons (Fsp3) is 0.423. The van der Waals surface area contributed by atoms with Crippen LogP contribution < -0.4 is 4.90 Å². The number of carbonyl (C=O) groups excluding carboxylic acids is 1. The second-order valence-corrected chi connectivity index (χ2v) is 8.88. The highest BCUT2D eigenvalue weighted by molar-refractivity contribution is 5.94. The van der Waals surface area contributed by atoms with Crippen molar-refractivity contribution in [1.82, 2.24) is 20.1 Å². The first-order valence-electron chi connectivity index (χ1n) is 12.1. The predicted molar refractivity (Wildman–Crippen MR) is 128 cm³/mol. The lowest BCUT2D eigenvalue weighted by atomic mass is 10.1. The summed E-state index contributed by atoms with van der Waals surface area (Å²) in [4.78, 5) is 27.2. The number of amides is 1. The second-order valence-electron chi connectivity index (χ2n) is 8.88. The molecule has 1 aromatic carbocycles. The summed E-state index contributed by atoms with van der Waals surface area (Å²) in [5, 5.41) is 3.56. The third kappa shape index (κ3) is 6.99. The number of nitrogens with zero attached hydrogens (tertiary/aromatic N) is 5. The van der Waals surface area contributed by atoms with E-state index in [1.165, 1.54) is 0 Å². The van der Waals surface area contributed by atoms with Crippen LogP contribution in [-0.4, -0.2) is 32.6 Å². The van der Waals surface area contributed by atoms with Crippen molar-refractivity contribution in [2.45, 2.75) is 63.7 Å². The highest BCUT2D eigenvalue weighted by Crippen LogP contribution is 2.38. The molecule has 7 nitrogen and oxygen atoms in total. The molecule has 4 rings (SSSR count). The van der Waals surface area contributed by atoms with Gasteiger partial charge in [0.2, 0.25) is 5.91 Å². The molecule has 1 fully saturated rings. The second kappa shape index (κ2) is 11.9. The molecule has 2 heterocycles. The van der Waals surface area contributed by atoms with Crippen molar-refractivity contribution in [2.75, 3.05) is 11.4 Å². The Morgan fingerprint density at radius 1 is 1.11 bits per heavy atom. The molecule has 1 aliphatic carbocycles. The lowest BCUT2D eigenvalue weighted by Crippen LogP contribution is -2.31. The molecule has 1 aliphatic rings. The maximum absolute atomic E-state index is 13.2. The van der Waals surface area contributed by atoms with Crippen molar-refractivity contribution >= 4 is 11.6 Å². The first-order chi connectivity index (χ1) is 17.4. The first kappa shape index (κ1) is 25.5. The Morgan fingerprint density at radius 2 is 1.89 bits per heavy atom. The van der Waals surface area contributed by atoms with Crippen molar-refractivity contribution in [3.05, 3.63) is 66.6 Å². The topological polar surface area (TPSA) is 85.0 Å². The Morgan fingerprint density at radius 3 is 2.56 bits per heavy atom. The molecule has 3 aromatic rings. The summed E-state index contributed by atoms with van der Waals surface area (Å²) in [6.45, 7) is 3.67. The van der Waals surface area contributed by atoms with Gasteiger partial charge in [-0.1, -0.05) is 30.3 Å². The summed E-state index contributed by atoms with van der Waals surface area (Å²) in [5.41, 5.74) is 2.44. The van der Waals surface area contributed by atoms with E-state index in [0.717, 1.165) is 29.8 Å². The standard InChI is InChI=1S/C26H28F3N5O2/c1-17(27)9-12-23(35)34(13-4-2-3-8-22-32-26(24(28)29)36-33-22)21-7-5-6-19(14-21)20-15-30-25(31-16-20)18-10-11-18/h5-7,14-16,18,24H,1-4,8-13H2. The lowest BCUT2D eigenvalue weighted by molar-refractivity contribution is -0.118. The molecule has 0 radical (unpaired) electrons. The molecular formula is C26H28F3N5O2. The van der Waals surface area contributed by atoms with E-state index >= 15 is 0 Å². The SMILES string of the molecule is C=C(F)CCC(=O)N(CCCCCc1noc(C(F)F)n1)c1cccc(-c2cnc(C3CC3)nc2)c1. The van der Waals surface area contributed by atoms with E-state index in [1.54, 1.807) is 17.3 Å². The Balaban J connectivity index is 1.39. The molecule has 0 saturated heterocycles. The predicted octanol–water partition coefficient (Wildman–Crippen LogP) is 6.35. The molecule has 1 saturated carbocycles. The zero-order valence-electron chi connectivity index (χ0n) is 19.9. The van der Waals surface area contributed by atoms with Gasteiger partial charge in [0.1, 0.15) is 5.82 Å². The van der Waals surface area contributed by atoms with Crippen LogP contribution in [0.5, 0.6) is 0 Å². The minimum atomic E-state index is -2.79. The molecule has 2 aromatic heterocycles. The van der Waals surface area contributed by atoms with Gasteiger partial charge in [-0.15, -0.1) is 0 Å². The minimum absolute atomic E-state index is 0.0119. The number of aryl methyl sites for hydroxylation is 1. The van der Waals surface area contributed by atoms with Gasteiger partial charge >= 0.3 is 6.43 Å². The molecule has 1 amide bonds. The van der Waals surface area contributed by atoms with Crippen molar-refractivity contribution in [2.24, 2.45) is 0 Å². The number of unbranched alkanes of at least 4 members (excludes halogenated alkanes) is 2. The van der Waals surface area contributed by atoms with E-state index < -0.39 is 18.1 Å². The van der Waals surface area contributed by atoms with Gasteiger partial charge in [0.05, 0.1) is 5.83 Å². The lowest BCUT2D eigenvalue weighted by Gasteiger charge is -2.23. The number of aromatic nitrogens is 4. The minimum Gasteiger partial charge on any atom is -0.333 e. The third-order valence-electron chi connectivity index (χ3n) is 5.97. The summed E-state index contributed by atoms with van der Waals surface area (Å²) in [5.74, 6) is 0.157. The van der Waals surface area contributed by atoms with E-state index in [9.17, 15) is 18.0 Å². The van der Waals surface area contributed by atoms with Gasteiger partial charge < -0.3 is 9.42 Å². The van der Waals surface area contributed by atoms with E-state index in [1.807, 2.05) is 24.3 Å². The maximum Gasteiger partial charge on any atom is 0.315 e. The van der Waals surface area contributed by atoms with E-state index in [2.05, 4.69) is 31.2 Å². The van der Waals surface area contributed by atoms with Crippen molar-refractivity contribution in [3.8, 4) is 11.1 Å². The Hall–Kier alpha value is -3.56. The summed E-state index contributed by atoms with van der Waals surface area (Å²) < 4.78 is 42.9. The van der Waals surface area contributed by atoms with Crippen molar-refractivity contribution in [1.29, 1.82) is 0 Å². The van der Waals surface area contributed by atoms with Crippen LogP contribution in [0.4, 0.5) is 18.9 Å². The highest BCUT2D eigenvalue weighted by atomic mass is 19.3. The van der Waals surface area contributed by atoms with Gasteiger partial charge in [0.15, 0.2) is 5.82 Å². The van der Waals surface area contributed by atoms with Crippen LogP contribution in [0, 0.1) is 0 Å². The van der Waals surface area contributed by atoms with Gasteiger partial charge in [0.25, 0.3) is 5.89 Å². The average Bonchev–Trinajstić information content (AvgIpc) is 3.62. The quantitative estimate of drug-likeness (QED) is 0.255. The monoisotopic (exact) mass is 499 g/mol. The number of allylic oxidation sites excluding steroid dienone is 1. The number of hydrogen-bond donors (Lipinski definition) is 0. The fourth-order valence-corrected chi connectivity index (χ4v) is 3.86. The number of benzene rings is 1. The molecule has 10 heteroatoms. The summed E-state index contributed by atoms with van der Waals surface area (Å²) in [6.07, 6.45) is 5.48. The molecule has 0 unspecified atom stereocenters. The molecule has 0 spiro atoms. The van der Waals surface area contributed by atoms with Crippen LogP contribution >= 0.6 is 0 Å². The van der Waals surface area contributed by atoms with Crippen LogP contribution in [0.25, 0.3) is 11.1 Å². The van der Waals surface area contributed by atoms with Crippen LogP contribution in [0.15, 0.2) is 53.6 Å². The smallest absolute Gasteiger partial charge is 0.315 e. The van der Waals surface area contributed by atoms with Crippen molar-refractivity contribution in [3.63, 3.8) is 0 Å². The molecule has 36 heavy (non-hydrogen) atoms. The number of carbonyl (C=O) groups is 1. The van der Waals surface area contributed by atoms with Gasteiger partial charge in [-0.3, -0.25) is 4.79 Å². The molecule has 0 N–H and O–H groups in total. The van der Waals surface area contributed by atoms with E-state index in [4.69, 9.17) is 0 Å². The molecule has 0 atom stereocenters. The third-order valence-corrected chi connectivity index (χ3v) is 5.97. The van der Waals surface area contributed by atoms with Crippen molar-refractivity contribution < 1.29 is 22.5 Å². The summed E-state index contributed by atoms with van der Waals surface area (Å²) in [7, 11) is 0. The fourth-order valence-electron chi connectivity index (χ4n) is 3.86. The van der Waals surface area contributed by atoms with Gasteiger partial charge in [-0.25, -0.2) is 14.4 Å². The van der Waals surface area contributed by atoms with Crippen LogP contribution in [0.2, 0.25) is 0 Å². The largest absolute Gasteiger partial charge is 0.333 e. The number of halogens is 3. The van der Waals surface area contributed by atoms with Gasteiger partial charge in [-0.05, 0) is 43.4 Å². The van der Waals surface area contributed by atoms with Crippen LogP contribution in [0.3, 0.4) is 0 Å². The van der Waals surface area contributed by atoms with Crippen LogP contribution in [0.1, 0.15) is 74.8 Å². The highest BCUT2D eigenvalue weighted by Gasteiger charge is 2.26. The molecular weight excluding hydrogens is 471 g/mol. The molecule has 0 aliphatic heterocycles. The van der Waals surface area contributed by atoms with Crippen LogP contribution in [-0.2, 0) is 11.2 Å². The molecule has 0 bridgehead atoms.